The summed E-state index contributed by atoms with van der Waals surface area (Å²) < 4.78 is 1.18. The van der Waals surface area contributed by atoms with Crippen LogP contribution in [0.5, 0.6) is 0 Å². The third-order valence-corrected chi connectivity index (χ3v) is 4.46. The Balaban J connectivity index is 1.93. The largest absolute Gasteiger partial charge is 0.378 e. The van der Waals surface area contributed by atoms with Crippen LogP contribution in [0.3, 0.4) is 0 Å². The molecule has 0 aliphatic carbocycles. The molecule has 0 saturated carbocycles. The van der Waals surface area contributed by atoms with Crippen LogP contribution in [0.25, 0.3) is 10.2 Å². The number of aromatic nitrogens is 1. The second-order valence-corrected chi connectivity index (χ2v) is 6.05. The minimum absolute atomic E-state index is 0.163. The molecule has 0 saturated heterocycles. The fraction of sp³-hybridized carbons (Fsp3) is 0.188. The van der Waals surface area contributed by atoms with Crippen LogP contribution in [0.15, 0.2) is 48.5 Å². The lowest BCUT2D eigenvalue weighted by Crippen LogP contribution is -2.12. The van der Waals surface area contributed by atoms with Gasteiger partial charge in [0.2, 0.25) is 0 Å². The normalized spacial score (nSPS) is 12.6. The zero-order chi connectivity index (χ0) is 14.1. The van der Waals surface area contributed by atoms with Gasteiger partial charge in [-0.05, 0) is 29.8 Å². The molecule has 0 aliphatic rings. The Labute approximate surface area is 122 Å². The summed E-state index contributed by atoms with van der Waals surface area (Å²) in [7, 11) is 4.06. The number of nitrogens with two attached hydrogens (primary N) is 1. The fourth-order valence-electron chi connectivity index (χ4n) is 2.15. The summed E-state index contributed by atoms with van der Waals surface area (Å²) in [6.07, 6.45) is 0. The molecule has 0 bridgehead atoms. The molecule has 0 amide bonds. The van der Waals surface area contributed by atoms with Gasteiger partial charge in [-0.15, -0.1) is 11.3 Å². The molecule has 3 nitrogen and oxygen atoms in total. The summed E-state index contributed by atoms with van der Waals surface area (Å²) in [5.41, 5.74) is 9.63. The van der Waals surface area contributed by atoms with E-state index in [4.69, 9.17) is 5.73 Å². The molecular formula is C16H17N3S. The van der Waals surface area contributed by atoms with Gasteiger partial charge >= 0.3 is 0 Å². The molecule has 2 N–H and O–H groups in total. The first-order chi connectivity index (χ1) is 9.65. The Morgan fingerprint density at radius 1 is 1.05 bits per heavy atom. The highest BCUT2D eigenvalue weighted by molar-refractivity contribution is 7.18. The summed E-state index contributed by atoms with van der Waals surface area (Å²) in [5, 5.41) is 0.962. The van der Waals surface area contributed by atoms with E-state index in [1.807, 2.05) is 32.3 Å². The lowest BCUT2D eigenvalue weighted by Gasteiger charge is -2.14. The van der Waals surface area contributed by atoms with E-state index in [9.17, 15) is 0 Å². The third-order valence-electron chi connectivity index (χ3n) is 3.35. The number of para-hydroxylation sites is 1. The third kappa shape index (κ3) is 2.40. The van der Waals surface area contributed by atoms with Gasteiger partial charge < -0.3 is 10.6 Å². The second kappa shape index (κ2) is 5.23. The Kier molecular flexibility index (Phi) is 3.42. The van der Waals surface area contributed by atoms with Crippen molar-refractivity contribution in [1.82, 2.24) is 4.98 Å². The number of thiazole rings is 1. The van der Waals surface area contributed by atoms with E-state index in [0.29, 0.717) is 0 Å². The molecule has 0 aliphatic heterocycles. The molecule has 2 aromatic carbocycles. The number of nitrogens with zero attached hydrogens (tertiary/aromatic N) is 2. The Bertz CT molecular complexity index is 683. The lowest BCUT2D eigenvalue weighted by molar-refractivity contribution is 0.861. The van der Waals surface area contributed by atoms with Crippen molar-refractivity contribution in [2.75, 3.05) is 19.0 Å². The molecule has 3 aromatic rings. The summed E-state index contributed by atoms with van der Waals surface area (Å²) >= 11 is 1.66. The van der Waals surface area contributed by atoms with Crippen LogP contribution < -0.4 is 10.6 Å². The molecular weight excluding hydrogens is 266 g/mol. The van der Waals surface area contributed by atoms with Gasteiger partial charge in [0, 0.05) is 19.8 Å². The van der Waals surface area contributed by atoms with Crippen molar-refractivity contribution in [3.8, 4) is 0 Å². The van der Waals surface area contributed by atoms with Crippen LogP contribution in [-0.4, -0.2) is 19.1 Å². The van der Waals surface area contributed by atoms with E-state index < -0.39 is 0 Å². The van der Waals surface area contributed by atoms with Crippen LogP contribution in [0.2, 0.25) is 0 Å². The van der Waals surface area contributed by atoms with E-state index in [-0.39, 0.29) is 6.04 Å². The summed E-state index contributed by atoms with van der Waals surface area (Å²) in [5.74, 6) is 0. The Morgan fingerprint density at radius 3 is 2.40 bits per heavy atom. The van der Waals surface area contributed by atoms with E-state index in [1.54, 1.807) is 11.3 Å². The van der Waals surface area contributed by atoms with Crippen molar-refractivity contribution in [2.24, 2.45) is 5.73 Å². The average molecular weight is 283 g/mol. The van der Waals surface area contributed by atoms with Gasteiger partial charge in [0.1, 0.15) is 5.01 Å². The summed E-state index contributed by atoms with van der Waals surface area (Å²) in [6, 6.07) is 16.3. The van der Waals surface area contributed by atoms with Crippen molar-refractivity contribution < 1.29 is 0 Å². The summed E-state index contributed by atoms with van der Waals surface area (Å²) in [4.78, 5) is 6.71. The van der Waals surface area contributed by atoms with Gasteiger partial charge in [-0.3, -0.25) is 0 Å². The maximum Gasteiger partial charge on any atom is 0.115 e. The highest BCUT2D eigenvalue weighted by Crippen LogP contribution is 2.29. The SMILES string of the molecule is CN(C)c1ccc(C(N)c2nc3ccccc3s2)cc1. The zero-order valence-electron chi connectivity index (χ0n) is 11.6. The molecule has 20 heavy (non-hydrogen) atoms. The van der Waals surface area contributed by atoms with Crippen LogP contribution in [0.1, 0.15) is 16.6 Å². The van der Waals surface area contributed by atoms with Crippen molar-refractivity contribution in [2.45, 2.75) is 6.04 Å². The van der Waals surface area contributed by atoms with Gasteiger partial charge in [-0.25, -0.2) is 4.98 Å². The topological polar surface area (TPSA) is 42.1 Å². The average Bonchev–Trinajstić information content (AvgIpc) is 2.90. The standard InChI is InChI=1S/C16H17N3S/c1-19(2)12-9-7-11(8-10-12)15(17)16-18-13-5-3-4-6-14(13)20-16/h3-10,15H,17H2,1-2H3. The zero-order valence-corrected chi connectivity index (χ0v) is 12.4. The van der Waals surface area contributed by atoms with Crippen LogP contribution in [0.4, 0.5) is 5.69 Å². The Morgan fingerprint density at radius 2 is 1.75 bits per heavy atom. The van der Waals surface area contributed by atoms with E-state index in [1.165, 1.54) is 10.4 Å². The quantitative estimate of drug-likeness (QED) is 0.801. The van der Waals surface area contributed by atoms with Crippen LogP contribution in [0, 0.1) is 0 Å². The predicted octanol–water partition coefficient (Wildman–Crippen LogP) is 3.41. The maximum absolute atomic E-state index is 6.34. The van der Waals surface area contributed by atoms with E-state index in [0.717, 1.165) is 16.1 Å². The first-order valence-electron chi connectivity index (χ1n) is 6.53. The molecule has 1 heterocycles. The van der Waals surface area contributed by atoms with Crippen LogP contribution >= 0.6 is 11.3 Å². The summed E-state index contributed by atoms with van der Waals surface area (Å²) in [6.45, 7) is 0. The lowest BCUT2D eigenvalue weighted by atomic mass is 10.1. The smallest absolute Gasteiger partial charge is 0.115 e. The molecule has 1 unspecified atom stereocenters. The molecule has 4 heteroatoms. The number of rotatable bonds is 3. The molecule has 0 spiro atoms. The highest BCUT2D eigenvalue weighted by atomic mass is 32.1. The molecule has 3 rings (SSSR count). The van der Waals surface area contributed by atoms with Gasteiger partial charge in [0.25, 0.3) is 0 Å². The monoisotopic (exact) mass is 283 g/mol. The first kappa shape index (κ1) is 13.1. The minimum atomic E-state index is -0.163. The van der Waals surface area contributed by atoms with Crippen molar-refractivity contribution in [1.29, 1.82) is 0 Å². The predicted molar refractivity (Wildman–Crippen MR) is 86.4 cm³/mol. The van der Waals surface area contributed by atoms with Crippen LogP contribution in [-0.2, 0) is 0 Å². The van der Waals surface area contributed by atoms with Gasteiger partial charge in [0.05, 0.1) is 16.3 Å². The number of anilines is 1. The van der Waals surface area contributed by atoms with E-state index >= 15 is 0 Å². The maximum atomic E-state index is 6.34. The molecule has 102 valence electrons. The van der Waals surface area contributed by atoms with Crippen molar-refractivity contribution >= 4 is 27.2 Å². The minimum Gasteiger partial charge on any atom is -0.378 e. The number of hydrogen-bond acceptors (Lipinski definition) is 4. The number of hydrogen-bond donors (Lipinski definition) is 1. The van der Waals surface area contributed by atoms with Crippen molar-refractivity contribution in [3.05, 3.63) is 59.1 Å². The van der Waals surface area contributed by atoms with E-state index in [2.05, 4.69) is 40.2 Å². The van der Waals surface area contributed by atoms with Crippen molar-refractivity contribution in [3.63, 3.8) is 0 Å². The number of fused-ring (bicyclic) bond motifs is 1. The molecule has 1 aromatic heterocycles. The number of benzene rings is 2. The second-order valence-electron chi connectivity index (χ2n) is 4.98. The fourth-order valence-corrected chi connectivity index (χ4v) is 3.14. The highest BCUT2D eigenvalue weighted by Gasteiger charge is 2.14. The van der Waals surface area contributed by atoms with Gasteiger partial charge in [0.15, 0.2) is 0 Å². The van der Waals surface area contributed by atoms with Gasteiger partial charge in [-0.1, -0.05) is 24.3 Å². The first-order valence-corrected chi connectivity index (χ1v) is 7.35. The van der Waals surface area contributed by atoms with Gasteiger partial charge in [-0.2, -0.15) is 0 Å². The molecule has 0 radical (unpaired) electrons. The molecule has 1 atom stereocenters. The molecule has 0 fully saturated rings. The Hall–Kier alpha value is -1.91.